The van der Waals surface area contributed by atoms with Crippen molar-refractivity contribution in [1.82, 2.24) is 0 Å². The molecule has 1 saturated carbocycles. The second-order valence-electron chi connectivity index (χ2n) is 5.16. The fraction of sp³-hybridized carbons (Fsp3) is 0.750. The van der Waals surface area contributed by atoms with Crippen molar-refractivity contribution in [3.05, 3.63) is 24.8 Å². The third-order valence-electron chi connectivity index (χ3n) is 3.73. The topological polar surface area (TPSA) is 0 Å². The highest BCUT2D eigenvalue weighted by molar-refractivity contribution is 4.96. The average Bonchev–Trinajstić information content (AvgIpc) is 2.23. The third kappa shape index (κ3) is 6.87. The Hall–Kier alpha value is -0.520. The average molecular weight is 220 g/mol. The van der Waals surface area contributed by atoms with E-state index in [0.29, 0.717) is 0 Å². The van der Waals surface area contributed by atoms with Gasteiger partial charge in [-0.3, -0.25) is 0 Å². The molecule has 0 amide bonds. The third-order valence-corrected chi connectivity index (χ3v) is 3.73. The summed E-state index contributed by atoms with van der Waals surface area (Å²) in [6.07, 6.45) is 22.1. The van der Waals surface area contributed by atoms with E-state index in [-0.39, 0.29) is 0 Å². The molecule has 0 atom stereocenters. The van der Waals surface area contributed by atoms with Crippen LogP contribution < -0.4 is 0 Å². The number of unbranched alkanes of at least 4 members (excludes halogenated alkanes) is 6. The minimum absolute atomic E-state index is 1.11. The molecule has 1 aliphatic carbocycles. The molecule has 0 aromatic heterocycles. The molecule has 0 saturated heterocycles. The van der Waals surface area contributed by atoms with E-state index in [4.69, 9.17) is 0 Å². The number of allylic oxidation sites excluding steroid dienone is 3. The number of hydrogen-bond donors (Lipinski definition) is 0. The van der Waals surface area contributed by atoms with Gasteiger partial charge in [-0.2, -0.15) is 0 Å². The fourth-order valence-corrected chi connectivity index (χ4v) is 2.38. The van der Waals surface area contributed by atoms with Gasteiger partial charge in [-0.1, -0.05) is 82.6 Å². The van der Waals surface area contributed by atoms with E-state index in [1.807, 2.05) is 6.08 Å². The van der Waals surface area contributed by atoms with Crippen molar-refractivity contribution in [1.29, 1.82) is 0 Å². The van der Waals surface area contributed by atoms with Gasteiger partial charge in [0.05, 0.1) is 0 Å². The van der Waals surface area contributed by atoms with Crippen molar-refractivity contribution in [2.45, 2.75) is 70.6 Å². The summed E-state index contributed by atoms with van der Waals surface area (Å²) in [6, 6.07) is 0. The molecule has 0 nitrogen and oxygen atoms in total. The maximum Gasteiger partial charge on any atom is -0.0348 e. The van der Waals surface area contributed by atoms with Gasteiger partial charge in [0, 0.05) is 0 Å². The van der Waals surface area contributed by atoms with E-state index in [0.717, 1.165) is 5.92 Å². The molecule has 0 spiro atoms. The SMILES string of the molecule is C=CC=CCCCCCCCCC1CCC1. The molecule has 0 heteroatoms. The molecule has 1 fully saturated rings. The lowest BCUT2D eigenvalue weighted by Crippen LogP contribution is -2.10. The maximum absolute atomic E-state index is 3.67. The number of hydrogen-bond acceptors (Lipinski definition) is 0. The van der Waals surface area contributed by atoms with Gasteiger partial charge in [0.1, 0.15) is 0 Å². The van der Waals surface area contributed by atoms with Crippen LogP contribution in [0.2, 0.25) is 0 Å². The van der Waals surface area contributed by atoms with Gasteiger partial charge in [-0.05, 0) is 18.8 Å². The van der Waals surface area contributed by atoms with Gasteiger partial charge in [-0.15, -0.1) is 0 Å². The molecule has 0 aromatic rings. The van der Waals surface area contributed by atoms with Gasteiger partial charge in [0.15, 0.2) is 0 Å². The van der Waals surface area contributed by atoms with Crippen molar-refractivity contribution >= 4 is 0 Å². The summed E-state index contributed by atoms with van der Waals surface area (Å²) in [5.41, 5.74) is 0. The van der Waals surface area contributed by atoms with Gasteiger partial charge in [-0.25, -0.2) is 0 Å². The van der Waals surface area contributed by atoms with Crippen LogP contribution in [0.15, 0.2) is 24.8 Å². The first-order chi connectivity index (χ1) is 7.93. The van der Waals surface area contributed by atoms with Gasteiger partial charge in [0.2, 0.25) is 0 Å². The molecule has 0 aromatic carbocycles. The normalized spacial score (nSPS) is 16.5. The van der Waals surface area contributed by atoms with Gasteiger partial charge >= 0.3 is 0 Å². The molecule has 0 aliphatic heterocycles. The summed E-state index contributed by atoms with van der Waals surface area (Å²) in [5, 5.41) is 0. The Balaban J connectivity index is 1.70. The molecule has 0 unspecified atom stereocenters. The highest BCUT2D eigenvalue weighted by atomic mass is 14.2. The molecule has 16 heavy (non-hydrogen) atoms. The van der Waals surface area contributed by atoms with E-state index in [1.165, 1.54) is 70.6 Å². The van der Waals surface area contributed by atoms with Crippen molar-refractivity contribution in [2.24, 2.45) is 5.92 Å². The van der Waals surface area contributed by atoms with Gasteiger partial charge in [0.25, 0.3) is 0 Å². The Morgan fingerprint density at radius 2 is 1.62 bits per heavy atom. The van der Waals surface area contributed by atoms with Crippen LogP contribution in [0.25, 0.3) is 0 Å². The molecule has 0 heterocycles. The van der Waals surface area contributed by atoms with Crippen LogP contribution >= 0.6 is 0 Å². The summed E-state index contributed by atoms with van der Waals surface area (Å²) in [7, 11) is 0. The van der Waals surface area contributed by atoms with Crippen LogP contribution in [0.5, 0.6) is 0 Å². The second-order valence-corrected chi connectivity index (χ2v) is 5.16. The smallest absolute Gasteiger partial charge is 0.0348 e. The second kappa shape index (κ2) is 9.69. The Kier molecular flexibility index (Phi) is 8.20. The van der Waals surface area contributed by atoms with Crippen LogP contribution in [-0.4, -0.2) is 0 Å². The van der Waals surface area contributed by atoms with E-state index in [2.05, 4.69) is 18.7 Å². The Labute approximate surface area is 102 Å². The first kappa shape index (κ1) is 13.5. The Morgan fingerprint density at radius 1 is 0.938 bits per heavy atom. The van der Waals surface area contributed by atoms with Crippen molar-refractivity contribution in [3.63, 3.8) is 0 Å². The highest BCUT2D eigenvalue weighted by Crippen LogP contribution is 2.31. The first-order valence-electron chi connectivity index (χ1n) is 7.21. The molecule has 0 bridgehead atoms. The molecular weight excluding hydrogens is 192 g/mol. The zero-order chi connectivity index (χ0) is 11.5. The lowest BCUT2D eigenvalue weighted by atomic mass is 9.81. The standard InChI is InChI=1S/C16H28/c1-2-3-4-5-6-7-8-9-10-11-13-16-14-12-15-16/h2-4,16H,1,5-15H2. The molecule has 1 rings (SSSR count). The Morgan fingerprint density at radius 3 is 2.25 bits per heavy atom. The summed E-state index contributed by atoms with van der Waals surface area (Å²) >= 11 is 0. The largest absolute Gasteiger partial charge is 0.0991 e. The summed E-state index contributed by atoms with van der Waals surface area (Å²) < 4.78 is 0. The van der Waals surface area contributed by atoms with Crippen LogP contribution in [-0.2, 0) is 0 Å². The fourth-order valence-electron chi connectivity index (χ4n) is 2.38. The maximum atomic E-state index is 3.67. The molecule has 0 N–H and O–H groups in total. The van der Waals surface area contributed by atoms with E-state index in [9.17, 15) is 0 Å². The summed E-state index contributed by atoms with van der Waals surface area (Å²) in [5.74, 6) is 1.11. The lowest BCUT2D eigenvalue weighted by molar-refractivity contribution is 0.286. The predicted octanol–water partition coefficient (Wildman–Crippen LogP) is 5.65. The van der Waals surface area contributed by atoms with E-state index in [1.54, 1.807) is 0 Å². The van der Waals surface area contributed by atoms with E-state index >= 15 is 0 Å². The quantitative estimate of drug-likeness (QED) is 0.330. The zero-order valence-electron chi connectivity index (χ0n) is 10.8. The molecule has 1 aliphatic rings. The predicted molar refractivity (Wildman–Crippen MR) is 73.6 cm³/mol. The highest BCUT2D eigenvalue weighted by Gasteiger charge is 2.15. The van der Waals surface area contributed by atoms with Crippen LogP contribution in [0.3, 0.4) is 0 Å². The summed E-state index contributed by atoms with van der Waals surface area (Å²) in [6.45, 7) is 3.67. The lowest BCUT2D eigenvalue weighted by Gasteiger charge is -2.24. The minimum atomic E-state index is 1.11. The molecular formula is C16H28. The zero-order valence-corrected chi connectivity index (χ0v) is 10.8. The van der Waals surface area contributed by atoms with Crippen molar-refractivity contribution in [2.75, 3.05) is 0 Å². The van der Waals surface area contributed by atoms with Crippen LogP contribution in [0.4, 0.5) is 0 Å². The van der Waals surface area contributed by atoms with Gasteiger partial charge < -0.3 is 0 Å². The van der Waals surface area contributed by atoms with Crippen molar-refractivity contribution in [3.8, 4) is 0 Å². The summed E-state index contributed by atoms with van der Waals surface area (Å²) in [4.78, 5) is 0. The van der Waals surface area contributed by atoms with Crippen LogP contribution in [0, 0.1) is 5.92 Å². The first-order valence-corrected chi connectivity index (χ1v) is 7.21. The van der Waals surface area contributed by atoms with Crippen molar-refractivity contribution < 1.29 is 0 Å². The van der Waals surface area contributed by atoms with E-state index < -0.39 is 0 Å². The minimum Gasteiger partial charge on any atom is -0.0991 e. The monoisotopic (exact) mass is 220 g/mol. The molecule has 0 radical (unpaired) electrons. The van der Waals surface area contributed by atoms with Crippen LogP contribution in [0.1, 0.15) is 70.6 Å². The molecule has 92 valence electrons. The Bertz CT molecular complexity index is 186. The number of rotatable bonds is 10.